The van der Waals surface area contributed by atoms with E-state index >= 15 is 0 Å². The number of hydrogen-bond acceptors (Lipinski definition) is 5. The Balaban J connectivity index is 1.85. The molecule has 1 saturated heterocycles. The fourth-order valence-corrected chi connectivity index (χ4v) is 3.00. The van der Waals surface area contributed by atoms with Gasteiger partial charge in [-0.3, -0.25) is 0 Å². The Kier molecular flexibility index (Phi) is 3.76. The zero-order valence-corrected chi connectivity index (χ0v) is 12.6. The Labute approximate surface area is 123 Å². The van der Waals surface area contributed by atoms with Crippen molar-refractivity contribution in [3.8, 4) is 0 Å². The van der Waals surface area contributed by atoms with Crippen LogP contribution in [0.15, 0.2) is 6.33 Å². The van der Waals surface area contributed by atoms with E-state index in [1.807, 2.05) is 0 Å². The summed E-state index contributed by atoms with van der Waals surface area (Å²) >= 11 is 6.00. The first-order valence-corrected chi connectivity index (χ1v) is 7.38. The highest BCUT2D eigenvalue weighted by Gasteiger charge is 2.24. The minimum Gasteiger partial charge on any atom is -0.355 e. The molecule has 20 heavy (non-hydrogen) atoms. The van der Waals surface area contributed by atoms with E-state index in [2.05, 4.69) is 43.7 Å². The van der Waals surface area contributed by atoms with Gasteiger partial charge in [-0.05, 0) is 31.0 Å². The molecule has 0 saturated carbocycles. The van der Waals surface area contributed by atoms with Crippen molar-refractivity contribution in [1.29, 1.82) is 0 Å². The zero-order valence-electron chi connectivity index (χ0n) is 11.8. The molecule has 3 rings (SSSR count). The maximum atomic E-state index is 6.00. The number of halogens is 1. The summed E-state index contributed by atoms with van der Waals surface area (Å²) in [5, 5.41) is 0.248. The number of imidazole rings is 1. The molecule has 1 aliphatic rings. The lowest BCUT2D eigenvalue weighted by molar-refractivity contribution is 0.220. The Hall–Kier alpha value is -1.40. The number of nitrogens with one attached hydrogen (secondary N) is 1. The van der Waals surface area contributed by atoms with Crippen molar-refractivity contribution in [3.63, 3.8) is 0 Å². The molecule has 0 radical (unpaired) electrons. The summed E-state index contributed by atoms with van der Waals surface area (Å²) < 4.78 is 0. The van der Waals surface area contributed by atoms with E-state index < -0.39 is 0 Å². The molecule has 6 nitrogen and oxygen atoms in total. The minimum atomic E-state index is 0.248. The smallest absolute Gasteiger partial charge is 0.226 e. The van der Waals surface area contributed by atoms with Crippen LogP contribution in [-0.2, 0) is 0 Å². The average molecular weight is 295 g/mol. The lowest BCUT2D eigenvalue weighted by Crippen LogP contribution is -2.43. The fourth-order valence-electron chi connectivity index (χ4n) is 2.84. The van der Waals surface area contributed by atoms with Crippen molar-refractivity contribution in [2.75, 3.05) is 31.6 Å². The Bertz CT molecular complexity index is 590. The number of H-pyrrole nitrogens is 1. The summed E-state index contributed by atoms with van der Waals surface area (Å²) in [5.74, 6) is 0.840. The molecule has 0 spiro atoms. The second kappa shape index (κ2) is 5.54. The standard InChI is InChI=1S/C13H19ClN6/c1-3-20-6-4-9(5-7-20)19(2)12-10-11(16-8-15-10)17-13(14)18-12/h8-9H,3-7H2,1-2H3,(H,15,16,17,18). The summed E-state index contributed by atoms with van der Waals surface area (Å²) in [5.41, 5.74) is 1.48. The van der Waals surface area contributed by atoms with Crippen LogP contribution in [0.3, 0.4) is 0 Å². The second-order valence-corrected chi connectivity index (χ2v) is 5.53. The summed E-state index contributed by atoms with van der Waals surface area (Å²) in [7, 11) is 2.07. The predicted octanol–water partition coefficient (Wildman–Crippen LogP) is 1.93. The van der Waals surface area contributed by atoms with Gasteiger partial charge in [-0.25, -0.2) is 4.98 Å². The van der Waals surface area contributed by atoms with E-state index in [0.29, 0.717) is 11.7 Å². The normalized spacial score (nSPS) is 17.8. The van der Waals surface area contributed by atoms with Crippen LogP contribution >= 0.6 is 11.6 Å². The second-order valence-electron chi connectivity index (χ2n) is 5.19. The van der Waals surface area contributed by atoms with Crippen molar-refractivity contribution in [2.24, 2.45) is 0 Å². The number of piperidine rings is 1. The number of fused-ring (bicyclic) bond motifs is 1. The van der Waals surface area contributed by atoms with Crippen LogP contribution in [0.1, 0.15) is 19.8 Å². The number of aromatic amines is 1. The highest BCUT2D eigenvalue weighted by Crippen LogP contribution is 2.26. The molecule has 0 aromatic carbocycles. The molecule has 2 aromatic rings. The summed E-state index contributed by atoms with van der Waals surface area (Å²) in [6, 6.07) is 0.482. The van der Waals surface area contributed by atoms with Gasteiger partial charge in [0.05, 0.1) is 6.33 Å². The molecular weight excluding hydrogens is 276 g/mol. The number of anilines is 1. The first kappa shape index (κ1) is 13.6. The quantitative estimate of drug-likeness (QED) is 0.877. The van der Waals surface area contributed by atoms with Gasteiger partial charge in [-0.15, -0.1) is 0 Å². The largest absolute Gasteiger partial charge is 0.355 e. The van der Waals surface area contributed by atoms with Crippen molar-refractivity contribution < 1.29 is 0 Å². The highest BCUT2D eigenvalue weighted by molar-refractivity contribution is 6.28. The van der Waals surface area contributed by atoms with E-state index in [-0.39, 0.29) is 5.28 Å². The predicted molar refractivity (Wildman–Crippen MR) is 80.2 cm³/mol. The van der Waals surface area contributed by atoms with E-state index in [0.717, 1.165) is 43.8 Å². The summed E-state index contributed by atoms with van der Waals surface area (Å²) in [6.07, 6.45) is 3.91. The van der Waals surface area contributed by atoms with Gasteiger partial charge in [-0.1, -0.05) is 6.92 Å². The van der Waals surface area contributed by atoms with Gasteiger partial charge in [-0.2, -0.15) is 9.97 Å². The van der Waals surface area contributed by atoms with Gasteiger partial charge in [0.25, 0.3) is 0 Å². The molecule has 0 bridgehead atoms. The van der Waals surface area contributed by atoms with E-state index in [9.17, 15) is 0 Å². The summed E-state index contributed by atoms with van der Waals surface area (Å²) in [6.45, 7) is 5.61. The summed E-state index contributed by atoms with van der Waals surface area (Å²) in [4.78, 5) is 20.5. The van der Waals surface area contributed by atoms with E-state index in [1.165, 1.54) is 0 Å². The van der Waals surface area contributed by atoms with Gasteiger partial charge < -0.3 is 14.8 Å². The van der Waals surface area contributed by atoms with Crippen molar-refractivity contribution in [3.05, 3.63) is 11.6 Å². The Morgan fingerprint density at radius 1 is 1.40 bits per heavy atom. The van der Waals surface area contributed by atoms with Crippen molar-refractivity contribution in [2.45, 2.75) is 25.8 Å². The third kappa shape index (κ3) is 2.45. The fraction of sp³-hybridized carbons (Fsp3) is 0.615. The SMILES string of the molecule is CCN1CCC(N(C)c2nc(Cl)nc3nc[nH]c23)CC1. The molecule has 7 heteroatoms. The maximum absolute atomic E-state index is 6.00. The highest BCUT2D eigenvalue weighted by atomic mass is 35.5. The monoisotopic (exact) mass is 294 g/mol. The van der Waals surface area contributed by atoms with Crippen LogP contribution in [0, 0.1) is 0 Å². The third-order valence-electron chi connectivity index (χ3n) is 4.13. The van der Waals surface area contributed by atoms with E-state index in [1.54, 1.807) is 6.33 Å². The number of nitrogens with zero attached hydrogens (tertiary/aromatic N) is 5. The van der Waals surface area contributed by atoms with Crippen molar-refractivity contribution in [1.82, 2.24) is 24.8 Å². The zero-order chi connectivity index (χ0) is 14.1. The molecular formula is C13H19ClN6. The van der Waals surface area contributed by atoms with Crippen LogP contribution in [0.25, 0.3) is 11.2 Å². The molecule has 1 N–H and O–H groups in total. The number of likely N-dealkylation sites (tertiary alicyclic amines) is 1. The van der Waals surface area contributed by atoms with Crippen molar-refractivity contribution >= 4 is 28.6 Å². The molecule has 0 unspecified atom stereocenters. The Morgan fingerprint density at radius 3 is 2.85 bits per heavy atom. The average Bonchev–Trinajstić information content (AvgIpc) is 2.94. The Morgan fingerprint density at radius 2 is 2.15 bits per heavy atom. The molecule has 0 atom stereocenters. The molecule has 0 amide bonds. The van der Waals surface area contributed by atoms with Crippen LogP contribution in [0.4, 0.5) is 5.82 Å². The number of hydrogen-bond donors (Lipinski definition) is 1. The molecule has 2 aromatic heterocycles. The van der Waals surface area contributed by atoms with Crippen LogP contribution in [0.5, 0.6) is 0 Å². The van der Waals surface area contributed by atoms with Gasteiger partial charge >= 0.3 is 0 Å². The van der Waals surface area contributed by atoms with Gasteiger partial charge in [0.15, 0.2) is 11.5 Å². The molecule has 0 aliphatic carbocycles. The third-order valence-corrected chi connectivity index (χ3v) is 4.29. The first-order valence-electron chi connectivity index (χ1n) is 7.01. The van der Waals surface area contributed by atoms with Crippen LogP contribution in [-0.4, -0.2) is 57.6 Å². The van der Waals surface area contributed by atoms with Gasteiger partial charge in [0, 0.05) is 26.2 Å². The lowest BCUT2D eigenvalue weighted by Gasteiger charge is -2.36. The first-order chi connectivity index (χ1) is 9.69. The van der Waals surface area contributed by atoms with Crippen LogP contribution < -0.4 is 4.90 Å². The van der Waals surface area contributed by atoms with Gasteiger partial charge in [0.1, 0.15) is 5.52 Å². The molecule has 1 aliphatic heterocycles. The minimum absolute atomic E-state index is 0.248. The van der Waals surface area contributed by atoms with Crippen LogP contribution in [0.2, 0.25) is 5.28 Å². The number of aromatic nitrogens is 4. The lowest BCUT2D eigenvalue weighted by atomic mass is 10.0. The molecule has 3 heterocycles. The molecule has 1 fully saturated rings. The topological polar surface area (TPSA) is 60.9 Å². The maximum Gasteiger partial charge on any atom is 0.226 e. The van der Waals surface area contributed by atoms with E-state index in [4.69, 9.17) is 11.6 Å². The molecule has 108 valence electrons. The number of rotatable bonds is 3. The van der Waals surface area contributed by atoms with Gasteiger partial charge in [0.2, 0.25) is 5.28 Å².